The smallest absolute Gasteiger partial charge is 0.254 e. The van der Waals surface area contributed by atoms with Gasteiger partial charge in [0.05, 0.1) is 27.2 Å². The van der Waals surface area contributed by atoms with Gasteiger partial charge in [0.15, 0.2) is 19.7 Å². The van der Waals surface area contributed by atoms with Gasteiger partial charge in [0.1, 0.15) is 5.82 Å². The summed E-state index contributed by atoms with van der Waals surface area (Å²) in [7, 11) is -7.32. The number of benzene rings is 1. The fourth-order valence-electron chi connectivity index (χ4n) is 3.74. The summed E-state index contributed by atoms with van der Waals surface area (Å²) in [5.74, 6) is -2.03. The molecule has 1 saturated carbocycles. The van der Waals surface area contributed by atoms with Crippen molar-refractivity contribution in [2.75, 3.05) is 11.5 Å². The standard InChI is InChI=1S/C18H24FNO5S2/c19-17-8-7-14(27(24,25)15-9-10-26(22,23)12-15)11-16(17)18(21)20-13-5-3-1-2-4-6-13/h7-8,11,13,15H,1-6,9-10,12H2,(H,20,21). The van der Waals surface area contributed by atoms with Gasteiger partial charge >= 0.3 is 0 Å². The maximum Gasteiger partial charge on any atom is 0.254 e. The van der Waals surface area contributed by atoms with Crippen molar-refractivity contribution in [3.05, 3.63) is 29.6 Å². The summed E-state index contributed by atoms with van der Waals surface area (Å²) in [5, 5.41) is 1.76. The van der Waals surface area contributed by atoms with E-state index in [-0.39, 0.29) is 28.7 Å². The quantitative estimate of drug-likeness (QED) is 0.599. The van der Waals surface area contributed by atoms with Crippen molar-refractivity contribution in [2.45, 2.75) is 61.1 Å². The van der Waals surface area contributed by atoms with Crippen LogP contribution in [0.2, 0.25) is 0 Å². The maximum atomic E-state index is 14.2. The van der Waals surface area contributed by atoms with Crippen molar-refractivity contribution >= 4 is 25.6 Å². The molecule has 9 heteroatoms. The van der Waals surface area contributed by atoms with Gasteiger partial charge in [0, 0.05) is 6.04 Å². The van der Waals surface area contributed by atoms with Crippen molar-refractivity contribution in [3.63, 3.8) is 0 Å². The van der Waals surface area contributed by atoms with E-state index in [1.54, 1.807) is 0 Å². The predicted molar refractivity (Wildman–Crippen MR) is 99.6 cm³/mol. The van der Waals surface area contributed by atoms with Crippen LogP contribution in [0.4, 0.5) is 4.39 Å². The summed E-state index contributed by atoms with van der Waals surface area (Å²) < 4.78 is 62.9. The van der Waals surface area contributed by atoms with E-state index in [1.807, 2.05) is 0 Å². The second-order valence-corrected chi connectivity index (χ2v) is 11.8. The lowest BCUT2D eigenvalue weighted by molar-refractivity contribution is 0.0929. The Balaban J connectivity index is 1.82. The zero-order valence-corrected chi connectivity index (χ0v) is 16.6. The normalized spacial score (nSPS) is 23.7. The minimum absolute atomic E-state index is 0.0195. The zero-order valence-electron chi connectivity index (χ0n) is 15.0. The predicted octanol–water partition coefficient (Wildman–Crippen LogP) is 2.24. The van der Waals surface area contributed by atoms with E-state index in [9.17, 15) is 26.0 Å². The van der Waals surface area contributed by atoms with Gasteiger partial charge in [-0.3, -0.25) is 4.79 Å². The summed E-state index contributed by atoms with van der Waals surface area (Å²) >= 11 is 0. The molecule has 0 bridgehead atoms. The van der Waals surface area contributed by atoms with Crippen LogP contribution in [-0.4, -0.2) is 45.5 Å². The molecule has 1 amide bonds. The first-order valence-electron chi connectivity index (χ1n) is 9.24. The summed E-state index contributed by atoms with van der Waals surface area (Å²) in [4.78, 5) is 12.3. The number of halogens is 1. The minimum Gasteiger partial charge on any atom is -0.349 e. The van der Waals surface area contributed by atoms with E-state index >= 15 is 0 Å². The molecule has 1 atom stereocenters. The Bertz CT molecular complexity index is 919. The lowest BCUT2D eigenvalue weighted by Crippen LogP contribution is -2.35. The molecule has 0 spiro atoms. The molecule has 2 aliphatic rings. The minimum atomic E-state index is -3.95. The molecule has 1 aromatic carbocycles. The van der Waals surface area contributed by atoms with Gasteiger partial charge in [-0.1, -0.05) is 25.7 Å². The third kappa shape index (κ3) is 4.68. The first kappa shape index (κ1) is 20.3. The van der Waals surface area contributed by atoms with Crippen molar-refractivity contribution in [1.82, 2.24) is 5.32 Å². The number of carbonyl (C=O) groups excluding carboxylic acids is 1. The van der Waals surface area contributed by atoms with Crippen LogP contribution in [0.5, 0.6) is 0 Å². The number of carbonyl (C=O) groups is 1. The topological polar surface area (TPSA) is 97.4 Å². The molecule has 1 N–H and O–H groups in total. The van der Waals surface area contributed by atoms with E-state index in [0.29, 0.717) is 0 Å². The average Bonchev–Trinajstić information content (AvgIpc) is 2.81. The van der Waals surface area contributed by atoms with Gasteiger partial charge in [-0.25, -0.2) is 21.2 Å². The maximum absolute atomic E-state index is 14.2. The monoisotopic (exact) mass is 417 g/mol. The highest BCUT2D eigenvalue weighted by atomic mass is 32.2. The van der Waals surface area contributed by atoms with Crippen molar-refractivity contribution in [2.24, 2.45) is 0 Å². The number of sulfone groups is 2. The average molecular weight is 418 g/mol. The van der Waals surface area contributed by atoms with Gasteiger partial charge in [0.25, 0.3) is 5.91 Å². The molecule has 1 aromatic rings. The summed E-state index contributed by atoms with van der Waals surface area (Å²) in [6.07, 6.45) is 5.88. The van der Waals surface area contributed by atoms with Gasteiger partial charge in [0.2, 0.25) is 0 Å². The van der Waals surface area contributed by atoms with Crippen LogP contribution in [0.15, 0.2) is 23.1 Å². The Morgan fingerprint density at radius 2 is 1.74 bits per heavy atom. The van der Waals surface area contributed by atoms with Crippen LogP contribution in [0, 0.1) is 5.82 Å². The summed E-state index contributed by atoms with van der Waals surface area (Å²) in [6.45, 7) is 0. The highest BCUT2D eigenvalue weighted by Gasteiger charge is 2.38. The molecule has 1 aliphatic carbocycles. The van der Waals surface area contributed by atoms with Gasteiger partial charge in [-0.05, 0) is 37.5 Å². The molecule has 1 heterocycles. The Morgan fingerprint density at radius 1 is 1.07 bits per heavy atom. The molecule has 0 radical (unpaired) electrons. The summed E-state index contributed by atoms with van der Waals surface area (Å²) in [5.41, 5.74) is -0.318. The number of nitrogens with one attached hydrogen (secondary N) is 1. The van der Waals surface area contributed by atoms with Crippen LogP contribution < -0.4 is 5.32 Å². The molecular weight excluding hydrogens is 393 g/mol. The molecule has 0 aromatic heterocycles. The Morgan fingerprint density at radius 3 is 2.33 bits per heavy atom. The molecular formula is C18H24FNO5S2. The summed E-state index contributed by atoms with van der Waals surface area (Å²) in [6, 6.07) is 3.04. The van der Waals surface area contributed by atoms with Gasteiger partial charge < -0.3 is 5.32 Å². The SMILES string of the molecule is O=C(NC1CCCCCC1)c1cc(S(=O)(=O)C2CCS(=O)(=O)C2)ccc1F. The molecule has 1 unspecified atom stereocenters. The van der Waals surface area contributed by atoms with Crippen molar-refractivity contribution in [3.8, 4) is 0 Å². The first-order chi connectivity index (χ1) is 12.7. The highest BCUT2D eigenvalue weighted by molar-refractivity contribution is 7.96. The zero-order chi connectivity index (χ0) is 19.7. The van der Waals surface area contributed by atoms with E-state index in [1.165, 1.54) is 0 Å². The number of hydrogen-bond donors (Lipinski definition) is 1. The fraction of sp³-hybridized carbons (Fsp3) is 0.611. The van der Waals surface area contributed by atoms with Gasteiger partial charge in [-0.2, -0.15) is 0 Å². The Hall–Kier alpha value is -1.48. The van der Waals surface area contributed by atoms with E-state index in [0.717, 1.165) is 56.7 Å². The number of hydrogen-bond acceptors (Lipinski definition) is 5. The Labute approximate surface area is 159 Å². The lowest BCUT2D eigenvalue weighted by atomic mass is 10.1. The molecule has 6 nitrogen and oxygen atoms in total. The molecule has 2 fully saturated rings. The third-order valence-corrected chi connectivity index (χ3v) is 9.50. The highest BCUT2D eigenvalue weighted by Crippen LogP contribution is 2.27. The first-order valence-corrected chi connectivity index (χ1v) is 12.6. The van der Waals surface area contributed by atoms with Crippen molar-refractivity contribution in [1.29, 1.82) is 0 Å². The van der Waals surface area contributed by atoms with Crippen LogP contribution in [0.3, 0.4) is 0 Å². The molecule has 3 rings (SSSR count). The van der Waals surface area contributed by atoms with Crippen LogP contribution >= 0.6 is 0 Å². The second kappa shape index (κ2) is 7.87. The van der Waals surface area contributed by atoms with E-state index < -0.39 is 42.4 Å². The Kier molecular flexibility index (Phi) is 5.90. The number of rotatable bonds is 4. The van der Waals surface area contributed by atoms with Crippen molar-refractivity contribution < 1.29 is 26.0 Å². The largest absolute Gasteiger partial charge is 0.349 e. The fourth-order valence-corrected chi connectivity index (χ4v) is 8.12. The van der Waals surface area contributed by atoms with E-state index in [4.69, 9.17) is 0 Å². The molecule has 1 saturated heterocycles. The number of amides is 1. The lowest BCUT2D eigenvalue weighted by Gasteiger charge is -2.17. The van der Waals surface area contributed by atoms with Gasteiger partial charge in [-0.15, -0.1) is 0 Å². The molecule has 27 heavy (non-hydrogen) atoms. The van der Waals surface area contributed by atoms with E-state index in [2.05, 4.69) is 5.32 Å². The second-order valence-electron chi connectivity index (χ2n) is 7.37. The molecule has 1 aliphatic heterocycles. The van der Waals surface area contributed by atoms with Crippen LogP contribution in [0.25, 0.3) is 0 Å². The third-order valence-electron chi connectivity index (χ3n) is 5.33. The van der Waals surface area contributed by atoms with Crippen LogP contribution in [-0.2, 0) is 19.7 Å². The molecule has 150 valence electrons. The van der Waals surface area contributed by atoms with Crippen LogP contribution in [0.1, 0.15) is 55.3 Å².